The lowest BCUT2D eigenvalue weighted by atomic mass is 10.1. The van der Waals surface area contributed by atoms with E-state index in [4.69, 9.17) is 5.11 Å². The van der Waals surface area contributed by atoms with Gasteiger partial charge >= 0.3 is 12.5 Å². The lowest BCUT2D eigenvalue weighted by Crippen LogP contribution is -2.38. The molecule has 1 heterocycles. The molecule has 0 aliphatic heterocycles. The van der Waals surface area contributed by atoms with Gasteiger partial charge in [0.1, 0.15) is 0 Å². The van der Waals surface area contributed by atoms with Crippen molar-refractivity contribution >= 4 is 11.9 Å². The molecule has 0 bridgehead atoms. The number of hydrogen-bond donors (Lipinski definition) is 2. The van der Waals surface area contributed by atoms with Gasteiger partial charge in [0, 0.05) is 18.4 Å². The molecular weight excluding hydrogens is 288 g/mol. The Balaban J connectivity index is 2.69. The Morgan fingerprint density at radius 1 is 1.43 bits per heavy atom. The molecule has 0 aliphatic rings. The topological polar surface area (TPSA) is 93.5 Å². The second-order valence-corrected chi connectivity index (χ2v) is 4.42. The van der Waals surface area contributed by atoms with Gasteiger partial charge in [-0.2, -0.15) is 13.9 Å². The van der Waals surface area contributed by atoms with E-state index in [2.05, 4.69) is 15.2 Å². The monoisotopic (exact) mass is 305 g/mol. The summed E-state index contributed by atoms with van der Waals surface area (Å²) in [7, 11) is 1.21. The van der Waals surface area contributed by atoms with Crippen LogP contribution in [0.15, 0.2) is 0 Å². The summed E-state index contributed by atoms with van der Waals surface area (Å²) in [4.78, 5) is 22.5. The van der Waals surface area contributed by atoms with Gasteiger partial charge in [0.2, 0.25) is 5.91 Å². The van der Waals surface area contributed by atoms with Crippen LogP contribution in [0.5, 0.6) is 0 Å². The van der Waals surface area contributed by atoms with Gasteiger partial charge < -0.3 is 15.2 Å². The molecule has 7 nitrogen and oxygen atoms in total. The van der Waals surface area contributed by atoms with Crippen LogP contribution in [0.3, 0.4) is 0 Å². The van der Waals surface area contributed by atoms with E-state index in [1.807, 2.05) is 0 Å². The van der Waals surface area contributed by atoms with Crippen molar-refractivity contribution in [2.75, 3.05) is 13.7 Å². The van der Waals surface area contributed by atoms with E-state index < -0.39 is 24.5 Å². The van der Waals surface area contributed by atoms with Crippen LogP contribution in [0.2, 0.25) is 0 Å². The van der Waals surface area contributed by atoms with Crippen molar-refractivity contribution in [1.82, 2.24) is 15.1 Å². The smallest absolute Gasteiger partial charge is 0.334 e. The number of aryl methyl sites for hydroxylation is 1. The average molecular weight is 305 g/mol. The quantitative estimate of drug-likeness (QED) is 0.771. The van der Waals surface area contributed by atoms with Crippen molar-refractivity contribution in [3.63, 3.8) is 0 Å². The Bertz CT molecular complexity index is 531. The van der Waals surface area contributed by atoms with Gasteiger partial charge in [0.05, 0.1) is 18.7 Å². The summed E-state index contributed by atoms with van der Waals surface area (Å²) in [6.45, 7) is 0.00443. The Labute approximate surface area is 119 Å². The Kier molecular flexibility index (Phi) is 5.77. The second-order valence-electron chi connectivity index (χ2n) is 4.42. The predicted molar refractivity (Wildman–Crippen MR) is 68.1 cm³/mol. The number of ether oxygens (including phenoxy) is 1. The van der Waals surface area contributed by atoms with Gasteiger partial charge in [-0.25, -0.2) is 9.48 Å². The molecule has 0 spiro atoms. The van der Waals surface area contributed by atoms with Crippen LogP contribution in [0.25, 0.3) is 0 Å². The van der Waals surface area contributed by atoms with Crippen LogP contribution in [-0.2, 0) is 20.7 Å². The van der Waals surface area contributed by atoms with Crippen LogP contribution in [0.4, 0.5) is 8.78 Å². The summed E-state index contributed by atoms with van der Waals surface area (Å²) < 4.78 is 30.5. The molecule has 0 aromatic carbocycles. The molecule has 1 amide bonds. The van der Waals surface area contributed by atoms with Gasteiger partial charge in [-0.05, 0) is 13.8 Å². The SMILES string of the molecule is COC(CNC(=O)Cc1c(C)nn(C(F)F)c1C)C(=O)O. The molecule has 21 heavy (non-hydrogen) atoms. The number of halogens is 2. The number of hydrogen-bond acceptors (Lipinski definition) is 4. The summed E-state index contributed by atoms with van der Waals surface area (Å²) >= 11 is 0. The summed E-state index contributed by atoms with van der Waals surface area (Å²) in [5, 5.41) is 14.8. The van der Waals surface area contributed by atoms with E-state index in [0.717, 1.165) is 0 Å². The first-order valence-electron chi connectivity index (χ1n) is 6.13. The van der Waals surface area contributed by atoms with E-state index >= 15 is 0 Å². The van der Waals surface area contributed by atoms with Gasteiger partial charge in [0.25, 0.3) is 0 Å². The largest absolute Gasteiger partial charge is 0.479 e. The highest BCUT2D eigenvalue weighted by atomic mass is 19.3. The van der Waals surface area contributed by atoms with E-state index in [1.165, 1.54) is 21.0 Å². The minimum Gasteiger partial charge on any atom is -0.479 e. The van der Waals surface area contributed by atoms with Crippen molar-refractivity contribution in [2.24, 2.45) is 0 Å². The molecule has 1 atom stereocenters. The standard InChI is InChI=1S/C12H17F2N3O4/c1-6-8(7(2)17(16-6)12(13)14)4-10(18)15-5-9(21-3)11(19)20/h9,12H,4-5H2,1-3H3,(H,15,18)(H,19,20). The normalized spacial score (nSPS) is 12.5. The highest BCUT2D eigenvalue weighted by Gasteiger charge is 2.21. The average Bonchev–Trinajstić information content (AvgIpc) is 2.67. The fourth-order valence-electron chi connectivity index (χ4n) is 1.84. The highest BCUT2D eigenvalue weighted by molar-refractivity contribution is 5.80. The van der Waals surface area contributed by atoms with Crippen LogP contribution >= 0.6 is 0 Å². The molecular formula is C12H17F2N3O4. The number of carbonyl (C=O) groups excluding carboxylic acids is 1. The van der Waals surface area contributed by atoms with Crippen molar-refractivity contribution < 1.29 is 28.2 Å². The maximum atomic E-state index is 12.7. The maximum Gasteiger partial charge on any atom is 0.334 e. The van der Waals surface area contributed by atoms with Crippen LogP contribution in [-0.4, -0.2) is 46.5 Å². The molecule has 0 radical (unpaired) electrons. The summed E-state index contributed by atoms with van der Waals surface area (Å²) in [5.41, 5.74) is 0.945. The Hall–Kier alpha value is -2.03. The first-order chi connectivity index (χ1) is 9.77. The zero-order valence-corrected chi connectivity index (χ0v) is 11.9. The minimum absolute atomic E-state index is 0.152. The number of alkyl halides is 2. The third-order valence-electron chi connectivity index (χ3n) is 3.04. The van der Waals surface area contributed by atoms with Crippen molar-refractivity contribution in [2.45, 2.75) is 32.9 Å². The maximum absolute atomic E-state index is 12.7. The van der Waals surface area contributed by atoms with Gasteiger partial charge in [-0.3, -0.25) is 4.79 Å². The summed E-state index contributed by atoms with van der Waals surface area (Å²) in [6.07, 6.45) is -1.31. The number of aromatic nitrogens is 2. The van der Waals surface area contributed by atoms with E-state index in [9.17, 15) is 18.4 Å². The van der Waals surface area contributed by atoms with Gasteiger partial charge in [-0.15, -0.1) is 0 Å². The summed E-state index contributed by atoms with van der Waals surface area (Å²) in [5.74, 6) is -1.69. The molecule has 2 N–H and O–H groups in total. The second kappa shape index (κ2) is 7.11. The first-order valence-corrected chi connectivity index (χ1v) is 6.13. The lowest BCUT2D eigenvalue weighted by molar-refractivity contribution is -0.148. The zero-order chi connectivity index (χ0) is 16.2. The zero-order valence-electron chi connectivity index (χ0n) is 11.9. The molecule has 1 unspecified atom stereocenters. The number of carboxylic acids is 1. The van der Waals surface area contributed by atoms with Crippen LogP contribution < -0.4 is 5.32 Å². The molecule has 0 saturated heterocycles. The minimum atomic E-state index is -2.77. The molecule has 9 heteroatoms. The molecule has 118 valence electrons. The van der Waals surface area contributed by atoms with E-state index in [1.54, 1.807) is 0 Å². The van der Waals surface area contributed by atoms with Crippen LogP contribution in [0, 0.1) is 13.8 Å². The van der Waals surface area contributed by atoms with Crippen molar-refractivity contribution in [1.29, 1.82) is 0 Å². The Morgan fingerprint density at radius 2 is 2.05 bits per heavy atom. The number of carbonyl (C=O) groups is 2. The number of nitrogens with one attached hydrogen (secondary N) is 1. The molecule has 1 rings (SSSR count). The highest BCUT2D eigenvalue weighted by Crippen LogP contribution is 2.19. The number of aliphatic carboxylic acids is 1. The molecule has 1 aromatic rings. The van der Waals surface area contributed by atoms with Crippen molar-refractivity contribution in [3.05, 3.63) is 17.0 Å². The Morgan fingerprint density at radius 3 is 2.48 bits per heavy atom. The predicted octanol–water partition coefficient (Wildman–Crippen LogP) is 0.653. The fourth-order valence-corrected chi connectivity index (χ4v) is 1.84. The number of rotatable bonds is 7. The number of carboxylic acid groups (broad SMARTS) is 1. The van der Waals surface area contributed by atoms with Gasteiger partial charge in [-0.1, -0.05) is 0 Å². The third kappa shape index (κ3) is 4.22. The number of nitrogens with zero attached hydrogens (tertiary/aromatic N) is 2. The fraction of sp³-hybridized carbons (Fsp3) is 0.583. The van der Waals surface area contributed by atoms with E-state index in [-0.39, 0.29) is 18.7 Å². The van der Waals surface area contributed by atoms with E-state index in [0.29, 0.717) is 15.9 Å². The van der Waals surface area contributed by atoms with Gasteiger partial charge in [0.15, 0.2) is 6.10 Å². The molecule has 1 aromatic heterocycles. The number of amides is 1. The first kappa shape index (κ1) is 17.0. The molecule has 0 aliphatic carbocycles. The number of methoxy groups -OCH3 is 1. The van der Waals surface area contributed by atoms with Crippen LogP contribution in [0.1, 0.15) is 23.5 Å². The molecule has 0 saturated carbocycles. The lowest BCUT2D eigenvalue weighted by Gasteiger charge is -2.11. The third-order valence-corrected chi connectivity index (χ3v) is 3.04. The van der Waals surface area contributed by atoms with Crippen molar-refractivity contribution in [3.8, 4) is 0 Å². The summed E-state index contributed by atoms with van der Waals surface area (Å²) in [6, 6.07) is 0. The molecule has 0 fully saturated rings.